The minimum atomic E-state index is 0.308. The van der Waals surface area contributed by atoms with Crippen molar-refractivity contribution in [2.24, 2.45) is 5.73 Å². The van der Waals surface area contributed by atoms with Gasteiger partial charge in [0.1, 0.15) is 0 Å². The molecule has 0 spiro atoms. The molecular weight excluding hydrogens is 250 g/mol. The van der Waals surface area contributed by atoms with Crippen LogP contribution in [0.2, 0.25) is 5.02 Å². The summed E-state index contributed by atoms with van der Waals surface area (Å²) < 4.78 is 10.7. The number of ether oxygens (including phenoxy) is 2. The fourth-order valence-electron chi connectivity index (χ4n) is 1.78. The van der Waals surface area contributed by atoms with Gasteiger partial charge in [-0.25, -0.2) is 0 Å². The third-order valence-corrected chi connectivity index (χ3v) is 3.13. The highest BCUT2D eigenvalue weighted by atomic mass is 35.5. The van der Waals surface area contributed by atoms with Crippen molar-refractivity contribution in [3.63, 3.8) is 0 Å². The van der Waals surface area contributed by atoms with Crippen molar-refractivity contribution in [2.75, 3.05) is 20.8 Å². The van der Waals surface area contributed by atoms with E-state index in [0.29, 0.717) is 29.0 Å². The number of hydrogen-bond acceptors (Lipinski definition) is 3. The Morgan fingerprint density at radius 1 is 1.33 bits per heavy atom. The lowest BCUT2D eigenvalue weighted by atomic mass is 9.99. The number of rotatable bonds is 5. The first kappa shape index (κ1) is 14.9. The average Bonchev–Trinajstić information content (AvgIpc) is 2.36. The van der Waals surface area contributed by atoms with Crippen molar-refractivity contribution in [3.05, 3.63) is 28.3 Å². The van der Waals surface area contributed by atoms with Gasteiger partial charge < -0.3 is 15.2 Å². The Bertz CT molecular complexity index is 442. The van der Waals surface area contributed by atoms with Gasteiger partial charge in [0.05, 0.1) is 19.2 Å². The van der Waals surface area contributed by atoms with Gasteiger partial charge in [0, 0.05) is 12.1 Å². The van der Waals surface area contributed by atoms with E-state index in [9.17, 15) is 0 Å². The topological polar surface area (TPSA) is 44.5 Å². The Balaban J connectivity index is 3.51. The van der Waals surface area contributed by atoms with Crippen molar-refractivity contribution in [2.45, 2.75) is 19.8 Å². The van der Waals surface area contributed by atoms with Crippen molar-refractivity contribution in [1.29, 1.82) is 0 Å². The molecule has 0 aliphatic rings. The molecule has 0 saturated carbocycles. The molecule has 0 fully saturated rings. The molecule has 1 aromatic rings. The average molecular weight is 270 g/mol. The van der Waals surface area contributed by atoms with Crippen LogP contribution in [0.3, 0.4) is 0 Å². The molecule has 100 valence electrons. The fraction of sp³-hybridized carbons (Fsp3) is 0.429. The van der Waals surface area contributed by atoms with E-state index in [1.807, 2.05) is 18.2 Å². The lowest BCUT2D eigenvalue weighted by molar-refractivity contribution is 0.353. The zero-order chi connectivity index (χ0) is 13.7. The summed E-state index contributed by atoms with van der Waals surface area (Å²) in [6.07, 6.45) is 3.71. The van der Waals surface area contributed by atoms with Crippen LogP contribution in [0.1, 0.15) is 30.9 Å². The zero-order valence-electron chi connectivity index (χ0n) is 11.3. The standard InChI is InChI=1S/C14H20ClNO2/c1-9(2)11-8-12(17-3)14(18-4)10(13(11)15)6-5-7-16/h5-6,8-9H,7,16H2,1-4H3/b6-5+. The van der Waals surface area contributed by atoms with Gasteiger partial charge in [-0.3, -0.25) is 0 Å². The van der Waals surface area contributed by atoms with Gasteiger partial charge in [-0.2, -0.15) is 0 Å². The molecule has 4 heteroatoms. The number of halogens is 1. The fourth-order valence-corrected chi connectivity index (χ4v) is 2.20. The van der Waals surface area contributed by atoms with E-state index in [-0.39, 0.29) is 0 Å². The minimum Gasteiger partial charge on any atom is -0.493 e. The summed E-state index contributed by atoms with van der Waals surface area (Å²) in [5.41, 5.74) is 7.33. The highest BCUT2D eigenvalue weighted by molar-refractivity contribution is 6.33. The van der Waals surface area contributed by atoms with Gasteiger partial charge >= 0.3 is 0 Å². The molecular formula is C14H20ClNO2. The predicted molar refractivity (Wildman–Crippen MR) is 76.7 cm³/mol. The van der Waals surface area contributed by atoms with E-state index in [1.165, 1.54) is 0 Å². The molecule has 0 bridgehead atoms. The summed E-state index contributed by atoms with van der Waals surface area (Å²) in [7, 11) is 3.22. The Morgan fingerprint density at radius 2 is 2.00 bits per heavy atom. The van der Waals surface area contributed by atoms with Gasteiger partial charge in [-0.1, -0.05) is 37.6 Å². The molecule has 0 atom stereocenters. The maximum Gasteiger partial charge on any atom is 0.169 e. The number of benzene rings is 1. The van der Waals surface area contributed by atoms with Gasteiger partial charge in [0.25, 0.3) is 0 Å². The highest BCUT2D eigenvalue weighted by Gasteiger charge is 2.18. The lowest BCUT2D eigenvalue weighted by Gasteiger charge is -2.17. The summed E-state index contributed by atoms with van der Waals surface area (Å²) in [4.78, 5) is 0. The van der Waals surface area contributed by atoms with Crippen molar-refractivity contribution in [3.8, 4) is 11.5 Å². The second-order valence-corrected chi connectivity index (χ2v) is 4.60. The van der Waals surface area contributed by atoms with Crippen LogP contribution in [-0.2, 0) is 0 Å². The molecule has 0 aliphatic carbocycles. The summed E-state index contributed by atoms with van der Waals surface area (Å²) in [5, 5.41) is 0.687. The van der Waals surface area contributed by atoms with E-state index >= 15 is 0 Å². The Labute approximate surface area is 114 Å². The van der Waals surface area contributed by atoms with E-state index < -0.39 is 0 Å². The summed E-state index contributed by atoms with van der Waals surface area (Å²) in [5.74, 6) is 1.63. The molecule has 0 unspecified atom stereocenters. The number of nitrogens with two attached hydrogens (primary N) is 1. The first-order valence-corrected chi connectivity index (χ1v) is 6.25. The number of hydrogen-bond donors (Lipinski definition) is 1. The molecule has 1 aromatic carbocycles. The van der Waals surface area contributed by atoms with Gasteiger partial charge in [-0.15, -0.1) is 0 Å². The van der Waals surface area contributed by atoms with Crippen molar-refractivity contribution in [1.82, 2.24) is 0 Å². The van der Waals surface area contributed by atoms with Crippen molar-refractivity contribution < 1.29 is 9.47 Å². The Morgan fingerprint density at radius 3 is 2.44 bits per heavy atom. The molecule has 18 heavy (non-hydrogen) atoms. The van der Waals surface area contributed by atoms with Crippen LogP contribution < -0.4 is 15.2 Å². The Kier molecular flexibility index (Phi) is 5.51. The second kappa shape index (κ2) is 6.66. The third kappa shape index (κ3) is 2.98. The molecule has 0 aliphatic heterocycles. The lowest BCUT2D eigenvalue weighted by Crippen LogP contribution is -2.00. The van der Waals surface area contributed by atoms with Crippen molar-refractivity contribution >= 4 is 17.7 Å². The van der Waals surface area contributed by atoms with E-state index in [4.69, 9.17) is 26.8 Å². The molecule has 0 heterocycles. The van der Waals surface area contributed by atoms with E-state index in [0.717, 1.165) is 11.1 Å². The minimum absolute atomic E-state index is 0.308. The monoisotopic (exact) mass is 269 g/mol. The molecule has 2 N–H and O–H groups in total. The normalized spacial score (nSPS) is 11.3. The van der Waals surface area contributed by atoms with Crippen LogP contribution in [-0.4, -0.2) is 20.8 Å². The molecule has 0 saturated heterocycles. The first-order valence-electron chi connectivity index (χ1n) is 5.87. The van der Waals surface area contributed by atoms with E-state index in [1.54, 1.807) is 14.2 Å². The van der Waals surface area contributed by atoms with Crippen LogP contribution in [0, 0.1) is 0 Å². The quantitative estimate of drug-likeness (QED) is 0.890. The van der Waals surface area contributed by atoms with Gasteiger partial charge in [0.15, 0.2) is 11.5 Å². The van der Waals surface area contributed by atoms with Crippen LogP contribution in [0.5, 0.6) is 11.5 Å². The molecule has 0 radical (unpaired) electrons. The van der Waals surface area contributed by atoms with Crippen LogP contribution in [0.15, 0.2) is 12.1 Å². The summed E-state index contributed by atoms with van der Waals surface area (Å²) in [6, 6.07) is 1.92. The summed E-state index contributed by atoms with van der Waals surface area (Å²) >= 11 is 6.42. The van der Waals surface area contributed by atoms with Crippen LogP contribution >= 0.6 is 11.6 Å². The van der Waals surface area contributed by atoms with Crippen LogP contribution in [0.4, 0.5) is 0 Å². The molecule has 1 rings (SSSR count). The smallest absolute Gasteiger partial charge is 0.169 e. The maximum atomic E-state index is 6.42. The first-order chi connectivity index (χ1) is 8.56. The molecule has 3 nitrogen and oxygen atoms in total. The third-order valence-electron chi connectivity index (χ3n) is 2.71. The number of methoxy groups -OCH3 is 2. The second-order valence-electron chi connectivity index (χ2n) is 4.22. The molecule has 0 amide bonds. The Hall–Kier alpha value is -1.19. The predicted octanol–water partition coefficient (Wildman–Crippen LogP) is 3.45. The van der Waals surface area contributed by atoms with Crippen LogP contribution in [0.25, 0.3) is 6.08 Å². The van der Waals surface area contributed by atoms with E-state index in [2.05, 4.69) is 13.8 Å². The SMILES string of the molecule is COc1cc(C(C)C)c(Cl)c(/C=C/CN)c1OC. The summed E-state index contributed by atoms with van der Waals surface area (Å²) in [6.45, 7) is 4.63. The molecule has 0 aromatic heterocycles. The highest BCUT2D eigenvalue weighted by Crippen LogP contribution is 2.41. The van der Waals surface area contributed by atoms with Gasteiger partial charge in [0.2, 0.25) is 0 Å². The maximum absolute atomic E-state index is 6.42. The largest absolute Gasteiger partial charge is 0.493 e. The zero-order valence-corrected chi connectivity index (χ0v) is 12.0. The van der Waals surface area contributed by atoms with Gasteiger partial charge in [-0.05, 0) is 17.5 Å².